The van der Waals surface area contributed by atoms with Gasteiger partial charge in [-0.1, -0.05) is 32.4 Å². The Morgan fingerprint density at radius 3 is 2.30 bits per heavy atom. The maximum Gasteiger partial charge on any atom is 0.319 e. The minimum absolute atomic E-state index is 0.0205. The molecule has 9 heteroatoms. The summed E-state index contributed by atoms with van der Waals surface area (Å²) in [6.07, 6.45) is 1.49. The zero-order chi connectivity index (χ0) is 21.9. The highest BCUT2D eigenvalue weighted by molar-refractivity contribution is 6.30. The van der Waals surface area contributed by atoms with Crippen molar-refractivity contribution in [1.82, 2.24) is 20.4 Å². The smallest absolute Gasteiger partial charge is 0.319 e. The summed E-state index contributed by atoms with van der Waals surface area (Å²) in [5.41, 5.74) is 0.141. The molecular weight excluding hydrogens is 406 g/mol. The van der Waals surface area contributed by atoms with Gasteiger partial charge in [0, 0.05) is 42.9 Å². The lowest BCUT2D eigenvalue weighted by Gasteiger charge is -2.40. The Labute approximate surface area is 182 Å². The molecule has 0 aromatic heterocycles. The lowest BCUT2D eigenvalue weighted by molar-refractivity contribution is -0.137. The third-order valence-electron chi connectivity index (χ3n) is 5.60. The predicted molar refractivity (Wildman–Crippen MR) is 117 cm³/mol. The summed E-state index contributed by atoms with van der Waals surface area (Å²) in [7, 11) is 0. The van der Waals surface area contributed by atoms with Crippen LogP contribution in [0.2, 0.25) is 5.02 Å². The number of nitrogens with one attached hydrogen (secondary N) is 3. The highest BCUT2D eigenvalue weighted by atomic mass is 35.5. The first-order valence-corrected chi connectivity index (χ1v) is 10.7. The molecule has 1 unspecified atom stereocenters. The first kappa shape index (κ1) is 22.2. The van der Waals surface area contributed by atoms with Crippen molar-refractivity contribution in [3.05, 3.63) is 29.3 Å². The second-order valence-corrected chi connectivity index (χ2v) is 9.32. The van der Waals surface area contributed by atoms with E-state index in [0.717, 1.165) is 12.8 Å². The van der Waals surface area contributed by atoms with Crippen molar-refractivity contribution in [2.75, 3.05) is 31.5 Å². The molecule has 1 atom stereocenters. The molecule has 2 heterocycles. The van der Waals surface area contributed by atoms with Crippen LogP contribution in [-0.4, -0.2) is 66.0 Å². The van der Waals surface area contributed by atoms with E-state index in [4.69, 9.17) is 11.6 Å². The molecule has 0 bridgehead atoms. The molecule has 8 nitrogen and oxygen atoms in total. The highest BCUT2D eigenvalue weighted by Gasteiger charge is 2.38. The van der Waals surface area contributed by atoms with Crippen molar-refractivity contribution in [2.45, 2.75) is 45.7 Å². The summed E-state index contributed by atoms with van der Waals surface area (Å²) in [5, 5.41) is 9.00. The molecule has 3 rings (SSSR count). The Balaban J connectivity index is 1.59. The summed E-state index contributed by atoms with van der Waals surface area (Å²) in [6.45, 7) is 8.32. The average molecular weight is 436 g/mol. The fourth-order valence-electron chi connectivity index (χ4n) is 3.90. The molecule has 0 aliphatic carbocycles. The summed E-state index contributed by atoms with van der Waals surface area (Å²) >= 11 is 5.88. The molecule has 3 N–H and O–H groups in total. The van der Waals surface area contributed by atoms with Gasteiger partial charge in [-0.2, -0.15) is 0 Å². The standard InChI is InChI=1S/C21H30ClN5O3/c1-21(2,3)17(25-19(29)24-15-6-4-14(22)5-7-15)18(28)26-11-8-16(9-12-26)27-13-10-23-20(27)30/h4-7,16-17H,8-13H2,1-3H3,(H,23,30)(H2,24,25,29). The first-order valence-electron chi connectivity index (χ1n) is 10.3. The summed E-state index contributed by atoms with van der Waals surface area (Å²) < 4.78 is 0. The van der Waals surface area contributed by atoms with Gasteiger partial charge in [-0.3, -0.25) is 4.79 Å². The topological polar surface area (TPSA) is 93.8 Å². The molecule has 5 amide bonds. The Bertz CT molecular complexity index is 785. The van der Waals surface area contributed by atoms with Crippen molar-refractivity contribution in [2.24, 2.45) is 5.41 Å². The van der Waals surface area contributed by atoms with Crippen molar-refractivity contribution in [1.29, 1.82) is 0 Å². The number of anilines is 1. The number of halogens is 1. The number of hydrogen-bond donors (Lipinski definition) is 3. The SMILES string of the molecule is CC(C)(C)C(NC(=O)Nc1ccc(Cl)cc1)C(=O)N1CCC(N2CCNC2=O)CC1. The number of carbonyl (C=O) groups excluding carboxylic acids is 3. The average Bonchev–Trinajstić information content (AvgIpc) is 3.12. The van der Waals surface area contributed by atoms with Crippen LogP contribution in [0, 0.1) is 5.41 Å². The Kier molecular flexibility index (Phi) is 6.75. The zero-order valence-corrected chi connectivity index (χ0v) is 18.5. The van der Waals surface area contributed by atoms with E-state index < -0.39 is 17.5 Å². The molecule has 2 saturated heterocycles. The van der Waals surface area contributed by atoms with Crippen LogP contribution in [0.25, 0.3) is 0 Å². The predicted octanol–water partition coefficient (Wildman–Crippen LogP) is 2.89. The second-order valence-electron chi connectivity index (χ2n) is 8.89. The third-order valence-corrected chi connectivity index (χ3v) is 5.85. The lowest BCUT2D eigenvalue weighted by atomic mass is 9.85. The van der Waals surface area contributed by atoms with E-state index in [-0.39, 0.29) is 18.0 Å². The fourth-order valence-corrected chi connectivity index (χ4v) is 4.02. The molecule has 2 aliphatic heterocycles. The molecule has 2 fully saturated rings. The van der Waals surface area contributed by atoms with Gasteiger partial charge in [-0.25, -0.2) is 9.59 Å². The summed E-state index contributed by atoms with van der Waals surface area (Å²) in [4.78, 5) is 41.3. The number of hydrogen-bond acceptors (Lipinski definition) is 3. The van der Waals surface area contributed by atoms with Crippen LogP contribution in [0.5, 0.6) is 0 Å². The number of piperidine rings is 1. The maximum absolute atomic E-state index is 13.2. The van der Waals surface area contributed by atoms with Crippen molar-refractivity contribution >= 4 is 35.3 Å². The quantitative estimate of drug-likeness (QED) is 0.678. The molecule has 1 aromatic rings. The van der Waals surface area contributed by atoms with E-state index >= 15 is 0 Å². The number of rotatable bonds is 4. The van der Waals surface area contributed by atoms with Gasteiger partial charge in [-0.05, 0) is 42.5 Å². The molecule has 2 aliphatic rings. The van der Waals surface area contributed by atoms with E-state index in [1.807, 2.05) is 25.7 Å². The number of carbonyl (C=O) groups is 3. The van der Waals surface area contributed by atoms with Crippen LogP contribution in [-0.2, 0) is 4.79 Å². The summed E-state index contributed by atoms with van der Waals surface area (Å²) in [6, 6.07) is 5.82. The van der Waals surface area contributed by atoms with Crippen LogP contribution in [0.4, 0.5) is 15.3 Å². The van der Waals surface area contributed by atoms with Gasteiger partial charge in [0.2, 0.25) is 5.91 Å². The van der Waals surface area contributed by atoms with E-state index in [2.05, 4.69) is 16.0 Å². The van der Waals surface area contributed by atoms with E-state index in [1.54, 1.807) is 29.2 Å². The van der Waals surface area contributed by atoms with Gasteiger partial charge in [0.05, 0.1) is 0 Å². The lowest BCUT2D eigenvalue weighted by Crippen LogP contribution is -2.58. The van der Waals surface area contributed by atoms with Crippen LogP contribution < -0.4 is 16.0 Å². The number of urea groups is 2. The first-order chi connectivity index (χ1) is 14.1. The molecule has 1 aromatic carbocycles. The number of nitrogens with zero attached hydrogens (tertiary/aromatic N) is 2. The Hall–Kier alpha value is -2.48. The zero-order valence-electron chi connectivity index (χ0n) is 17.7. The number of likely N-dealkylation sites (tertiary alicyclic amines) is 1. The van der Waals surface area contributed by atoms with Crippen molar-refractivity contribution in [3.63, 3.8) is 0 Å². The molecule has 0 spiro atoms. The second kappa shape index (κ2) is 9.12. The highest BCUT2D eigenvalue weighted by Crippen LogP contribution is 2.25. The van der Waals surface area contributed by atoms with Gasteiger partial charge in [0.15, 0.2) is 0 Å². The largest absolute Gasteiger partial charge is 0.341 e. The molecule has 0 saturated carbocycles. The fraction of sp³-hybridized carbons (Fsp3) is 0.571. The molecule has 0 radical (unpaired) electrons. The van der Waals surface area contributed by atoms with Crippen LogP contribution >= 0.6 is 11.6 Å². The van der Waals surface area contributed by atoms with E-state index in [9.17, 15) is 14.4 Å². The molecular formula is C21H30ClN5O3. The molecule has 164 valence electrons. The minimum Gasteiger partial charge on any atom is -0.341 e. The van der Waals surface area contributed by atoms with Gasteiger partial charge in [-0.15, -0.1) is 0 Å². The van der Waals surface area contributed by atoms with Crippen molar-refractivity contribution in [3.8, 4) is 0 Å². The molecule has 30 heavy (non-hydrogen) atoms. The van der Waals surface area contributed by atoms with Gasteiger partial charge in [0.1, 0.15) is 6.04 Å². The van der Waals surface area contributed by atoms with E-state index in [0.29, 0.717) is 36.9 Å². The van der Waals surface area contributed by atoms with Crippen LogP contribution in [0.15, 0.2) is 24.3 Å². The normalized spacial score (nSPS) is 18.7. The van der Waals surface area contributed by atoms with Gasteiger partial charge >= 0.3 is 12.1 Å². The van der Waals surface area contributed by atoms with Crippen molar-refractivity contribution < 1.29 is 14.4 Å². The van der Waals surface area contributed by atoms with E-state index in [1.165, 1.54) is 0 Å². The third kappa shape index (κ3) is 5.36. The Morgan fingerprint density at radius 1 is 1.13 bits per heavy atom. The Morgan fingerprint density at radius 2 is 1.77 bits per heavy atom. The monoisotopic (exact) mass is 435 g/mol. The number of amides is 5. The minimum atomic E-state index is -0.670. The number of benzene rings is 1. The maximum atomic E-state index is 13.2. The van der Waals surface area contributed by atoms with Gasteiger partial charge in [0.25, 0.3) is 0 Å². The summed E-state index contributed by atoms with van der Waals surface area (Å²) in [5.74, 6) is -0.0990. The van der Waals surface area contributed by atoms with Gasteiger partial charge < -0.3 is 25.8 Å². The van der Waals surface area contributed by atoms with Crippen LogP contribution in [0.1, 0.15) is 33.6 Å². The van der Waals surface area contributed by atoms with Crippen LogP contribution in [0.3, 0.4) is 0 Å².